The van der Waals surface area contributed by atoms with Crippen molar-refractivity contribution in [2.75, 3.05) is 32.4 Å². The van der Waals surface area contributed by atoms with Crippen LogP contribution in [0.2, 0.25) is 5.02 Å². The Bertz CT molecular complexity index is 1060. The Balaban J connectivity index is 1.43. The molecule has 0 atom stereocenters. The number of likely N-dealkylation sites (tertiary alicyclic amines) is 1. The molecule has 3 rings (SSSR count). The number of benzene rings is 2. The number of halogens is 3. The van der Waals surface area contributed by atoms with Gasteiger partial charge in [0, 0.05) is 38.5 Å². The van der Waals surface area contributed by atoms with Gasteiger partial charge in [0.25, 0.3) is 5.91 Å². The van der Waals surface area contributed by atoms with Crippen molar-refractivity contribution in [3.05, 3.63) is 58.6 Å². The third kappa shape index (κ3) is 6.38. The van der Waals surface area contributed by atoms with Gasteiger partial charge in [0.05, 0.1) is 15.5 Å². The molecule has 0 bridgehead atoms. The molecule has 1 amide bonds. The van der Waals surface area contributed by atoms with Crippen LogP contribution in [0.4, 0.5) is 8.78 Å². The summed E-state index contributed by atoms with van der Waals surface area (Å²) in [6.07, 6.45) is 2.45. The number of carbonyl (C=O) groups excluding carboxylic acids is 1. The van der Waals surface area contributed by atoms with Gasteiger partial charge in [-0.25, -0.2) is 17.2 Å². The monoisotopic (exact) mass is 472 g/mol. The van der Waals surface area contributed by atoms with Crippen molar-refractivity contribution >= 4 is 27.3 Å². The summed E-state index contributed by atoms with van der Waals surface area (Å²) in [6.45, 7) is 2.52. The lowest BCUT2D eigenvalue weighted by Gasteiger charge is -2.32. The molecule has 0 unspecified atom stereocenters. The average Bonchev–Trinajstić information content (AvgIpc) is 2.71. The van der Waals surface area contributed by atoms with Gasteiger partial charge in [-0.2, -0.15) is 0 Å². The number of hydrogen-bond acceptors (Lipinski definition) is 5. The minimum absolute atomic E-state index is 0.0579. The second-order valence-electron chi connectivity index (χ2n) is 7.40. The zero-order valence-corrected chi connectivity index (χ0v) is 18.5. The Morgan fingerprint density at radius 3 is 2.48 bits per heavy atom. The fraction of sp³-hybridized carbons (Fsp3) is 0.381. The van der Waals surface area contributed by atoms with Crippen LogP contribution in [0.1, 0.15) is 23.2 Å². The van der Waals surface area contributed by atoms with Crippen molar-refractivity contribution in [3.8, 4) is 5.75 Å². The molecule has 2 aromatic rings. The first-order chi connectivity index (χ1) is 14.6. The summed E-state index contributed by atoms with van der Waals surface area (Å²) in [6, 6.07) is 7.52. The molecule has 168 valence electrons. The zero-order chi connectivity index (χ0) is 22.6. The molecule has 10 heteroatoms. The summed E-state index contributed by atoms with van der Waals surface area (Å²) in [7, 11) is -3.40. The molecule has 1 fully saturated rings. The van der Waals surface area contributed by atoms with Gasteiger partial charge in [0.15, 0.2) is 21.5 Å². The number of amides is 1. The van der Waals surface area contributed by atoms with E-state index in [9.17, 15) is 22.0 Å². The average molecular weight is 473 g/mol. The second kappa shape index (κ2) is 9.93. The standard InChI is InChI=1S/C21H23ClF2N2O4S/c1-31(28,29)16-3-4-17(18(22)13-16)21(27)25-8-11-26-9-6-14(7-10-26)30-15-2-5-19(23)20(24)12-15/h2-5,12-14H,6-11H2,1H3,(H,25,27). The molecule has 2 aromatic carbocycles. The fourth-order valence-corrected chi connectivity index (χ4v) is 4.30. The summed E-state index contributed by atoms with van der Waals surface area (Å²) < 4.78 is 55.1. The molecule has 0 saturated carbocycles. The van der Waals surface area contributed by atoms with Crippen molar-refractivity contribution < 1.29 is 26.7 Å². The maximum absolute atomic E-state index is 13.3. The van der Waals surface area contributed by atoms with E-state index in [0.29, 0.717) is 18.8 Å². The Morgan fingerprint density at radius 1 is 1.16 bits per heavy atom. The van der Waals surface area contributed by atoms with Gasteiger partial charge in [0.1, 0.15) is 11.9 Å². The van der Waals surface area contributed by atoms with Crippen LogP contribution in [0.3, 0.4) is 0 Å². The molecule has 31 heavy (non-hydrogen) atoms. The molecule has 0 radical (unpaired) electrons. The van der Waals surface area contributed by atoms with E-state index in [1.165, 1.54) is 24.3 Å². The molecular weight excluding hydrogens is 450 g/mol. The van der Waals surface area contributed by atoms with E-state index < -0.39 is 21.5 Å². The lowest BCUT2D eigenvalue weighted by atomic mass is 10.1. The lowest BCUT2D eigenvalue weighted by molar-refractivity contribution is 0.0904. The number of nitrogens with zero attached hydrogens (tertiary/aromatic N) is 1. The zero-order valence-electron chi connectivity index (χ0n) is 16.9. The van der Waals surface area contributed by atoms with Crippen molar-refractivity contribution in [3.63, 3.8) is 0 Å². The summed E-state index contributed by atoms with van der Waals surface area (Å²) in [5.74, 6) is -1.90. The van der Waals surface area contributed by atoms with Crippen molar-refractivity contribution in [2.45, 2.75) is 23.8 Å². The van der Waals surface area contributed by atoms with E-state index in [-0.39, 0.29) is 27.5 Å². The van der Waals surface area contributed by atoms with Gasteiger partial charge >= 0.3 is 0 Å². The first-order valence-electron chi connectivity index (χ1n) is 9.75. The van der Waals surface area contributed by atoms with Crippen LogP contribution >= 0.6 is 11.6 Å². The molecular formula is C21H23ClF2N2O4S. The van der Waals surface area contributed by atoms with Gasteiger partial charge in [-0.15, -0.1) is 0 Å². The highest BCUT2D eigenvalue weighted by Gasteiger charge is 2.21. The van der Waals surface area contributed by atoms with Gasteiger partial charge in [0.2, 0.25) is 0 Å². The van der Waals surface area contributed by atoms with Gasteiger partial charge in [-0.3, -0.25) is 4.79 Å². The molecule has 0 aliphatic carbocycles. The number of sulfone groups is 1. The first-order valence-corrected chi connectivity index (χ1v) is 12.0. The maximum Gasteiger partial charge on any atom is 0.252 e. The highest BCUT2D eigenvalue weighted by Crippen LogP contribution is 2.22. The van der Waals surface area contributed by atoms with Crippen molar-refractivity contribution in [2.24, 2.45) is 0 Å². The quantitative estimate of drug-likeness (QED) is 0.669. The van der Waals surface area contributed by atoms with E-state index in [1.807, 2.05) is 0 Å². The van der Waals surface area contributed by atoms with Crippen molar-refractivity contribution in [1.82, 2.24) is 10.2 Å². The molecule has 1 saturated heterocycles. The molecule has 0 spiro atoms. The van der Waals surface area contributed by atoms with Crippen LogP contribution in [0.5, 0.6) is 5.75 Å². The molecule has 6 nitrogen and oxygen atoms in total. The number of rotatable bonds is 7. The number of hydrogen-bond donors (Lipinski definition) is 1. The maximum atomic E-state index is 13.3. The predicted molar refractivity (Wildman–Crippen MR) is 113 cm³/mol. The minimum Gasteiger partial charge on any atom is -0.490 e. The molecule has 1 aliphatic rings. The summed E-state index contributed by atoms with van der Waals surface area (Å²) in [4.78, 5) is 14.6. The number of ether oxygens (including phenoxy) is 1. The third-order valence-corrected chi connectivity index (χ3v) is 6.48. The summed E-state index contributed by atoms with van der Waals surface area (Å²) in [5, 5.41) is 2.86. The van der Waals surface area contributed by atoms with Crippen LogP contribution in [0.15, 0.2) is 41.3 Å². The topological polar surface area (TPSA) is 75.7 Å². The second-order valence-corrected chi connectivity index (χ2v) is 9.83. The van der Waals surface area contributed by atoms with E-state index in [1.54, 1.807) is 0 Å². The Hall–Kier alpha value is -2.23. The largest absolute Gasteiger partial charge is 0.490 e. The summed E-state index contributed by atoms with van der Waals surface area (Å²) in [5.41, 5.74) is 0.215. The number of piperidine rings is 1. The molecule has 0 aromatic heterocycles. The third-order valence-electron chi connectivity index (χ3n) is 5.06. The van der Waals surface area contributed by atoms with E-state index in [2.05, 4.69) is 10.2 Å². The Labute approximate surface area is 185 Å². The predicted octanol–water partition coefficient (Wildman–Crippen LogP) is 3.29. The van der Waals surface area contributed by atoms with Crippen LogP contribution < -0.4 is 10.1 Å². The summed E-state index contributed by atoms with van der Waals surface area (Å²) >= 11 is 6.07. The fourth-order valence-electron chi connectivity index (χ4n) is 3.33. The lowest BCUT2D eigenvalue weighted by Crippen LogP contribution is -2.42. The van der Waals surface area contributed by atoms with Crippen LogP contribution in [-0.4, -0.2) is 57.8 Å². The minimum atomic E-state index is -3.40. The molecule has 1 heterocycles. The van der Waals surface area contributed by atoms with Crippen molar-refractivity contribution in [1.29, 1.82) is 0 Å². The van der Waals surface area contributed by atoms with Crippen LogP contribution in [-0.2, 0) is 9.84 Å². The van der Waals surface area contributed by atoms with Gasteiger partial charge < -0.3 is 15.0 Å². The first kappa shape index (κ1) is 23.4. The molecule has 1 aliphatic heterocycles. The van der Waals surface area contributed by atoms with Gasteiger partial charge in [-0.1, -0.05) is 11.6 Å². The molecule has 1 N–H and O–H groups in total. The SMILES string of the molecule is CS(=O)(=O)c1ccc(C(=O)NCCN2CCC(Oc3ccc(F)c(F)c3)CC2)c(Cl)c1. The highest BCUT2D eigenvalue weighted by molar-refractivity contribution is 7.90. The van der Waals surface area contributed by atoms with E-state index in [4.69, 9.17) is 16.3 Å². The number of carbonyl (C=O) groups is 1. The highest BCUT2D eigenvalue weighted by atomic mass is 35.5. The normalized spacial score (nSPS) is 15.6. The van der Waals surface area contributed by atoms with E-state index >= 15 is 0 Å². The van der Waals surface area contributed by atoms with Crippen LogP contribution in [0.25, 0.3) is 0 Å². The smallest absolute Gasteiger partial charge is 0.252 e. The van der Waals surface area contributed by atoms with Gasteiger partial charge in [-0.05, 0) is 43.2 Å². The Kier molecular flexibility index (Phi) is 7.51. The Morgan fingerprint density at radius 2 is 1.87 bits per heavy atom. The van der Waals surface area contributed by atoms with Crippen LogP contribution in [0, 0.1) is 11.6 Å². The van der Waals surface area contributed by atoms with E-state index in [0.717, 1.165) is 44.3 Å². The number of nitrogens with one attached hydrogen (secondary N) is 1.